The minimum atomic E-state index is -4.29. The molecule has 2 aliphatic rings. The molecule has 0 saturated heterocycles. The molecule has 0 aliphatic heterocycles. The summed E-state index contributed by atoms with van der Waals surface area (Å²) in [6.07, 6.45) is -8.21. The van der Waals surface area contributed by atoms with Crippen LogP contribution >= 0.6 is 0 Å². The van der Waals surface area contributed by atoms with Gasteiger partial charge < -0.3 is 9.53 Å². The first kappa shape index (κ1) is 36.4. The molecule has 1 N–H and O–H groups in total. The first-order chi connectivity index (χ1) is 16.1. The van der Waals surface area contributed by atoms with Crippen LogP contribution in [0.4, 0.5) is 26.3 Å². The zero-order valence-electron chi connectivity index (χ0n) is 24.7. The van der Waals surface area contributed by atoms with Crippen LogP contribution in [0.3, 0.4) is 0 Å². The van der Waals surface area contributed by atoms with Crippen LogP contribution < -0.4 is 0 Å². The molecule has 2 nitrogen and oxygen atoms in total. The average Bonchev–Trinajstić information content (AvgIpc) is 3.55. The topological polar surface area (TPSA) is 29.5 Å². The molecule has 2 saturated carbocycles. The Morgan fingerprint density at radius 3 is 1.16 bits per heavy atom. The molecule has 0 bridgehead atoms. The highest BCUT2D eigenvalue weighted by molar-refractivity contribution is 6.78. The Labute approximate surface area is 223 Å². The molecule has 2 unspecified atom stereocenters. The van der Waals surface area contributed by atoms with E-state index in [0.717, 1.165) is 6.08 Å². The van der Waals surface area contributed by atoms with Crippen LogP contribution in [0.5, 0.6) is 0 Å². The zero-order valence-corrected chi connectivity index (χ0v) is 26.7. The molecule has 0 spiro atoms. The van der Waals surface area contributed by atoms with Gasteiger partial charge in [0, 0.05) is 8.07 Å². The maximum absolute atomic E-state index is 13.1. The van der Waals surface area contributed by atoms with Gasteiger partial charge in [0.15, 0.2) is 8.32 Å². The van der Waals surface area contributed by atoms with Crippen molar-refractivity contribution in [3.8, 4) is 0 Å². The lowest BCUT2D eigenvalue weighted by molar-refractivity contribution is -0.207. The largest absolute Gasteiger partial charge is 0.410 e. The van der Waals surface area contributed by atoms with Crippen molar-refractivity contribution in [2.45, 2.75) is 135 Å². The minimum absolute atomic E-state index is 0.0175. The van der Waals surface area contributed by atoms with E-state index in [1.165, 1.54) is 6.08 Å². The summed E-state index contributed by atoms with van der Waals surface area (Å²) < 4.78 is 81.6. The molecule has 0 amide bonds. The summed E-state index contributed by atoms with van der Waals surface area (Å²) in [4.78, 5) is 0. The van der Waals surface area contributed by atoms with Crippen molar-refractivity contribution in [2.75, 3.05) is 0 Å². The minimum Gasteiger partial charge on any atom is -0.410 e. The number of alkyl halides is 6. The molecule has 10 heteroatoms. The average molecular weight is 577 g/mol. The van der Waals surface area contributed by atoms with Gasteiger partial charge in [0.05, 0.1) is 23.0 Å². The van der Waals surface area contributed by atoms with Crippen molar-refractivity contribution in [2.24, 2.45) is 10.8 Å². The highest BCUT2D eigenvalue weighted by Crippen LogP contribution is 2.62. The number of aliphatic hydroxyl groups excluding tert-OH is 1. The smallest absolute Gasteiger partial charge is 0.397 e. The first-order valence-corrected chi connectivity index (χ1v) is 19.2. The Kier molecular flexibility index (Phi) is 11.3. The maximum atomic E-state index is 13.1. The molecule has 2 rings (SSSR count). The van der Waals surface area contributed by atoms with Gasteiger partial charge in [-0.25, -0.2) is 0 Å². The molecule has 2 aliphatic carbocycles. The summed E-state index contributed by atoms with van der Waals surface area (Å²) in [6.45, 7) is 30.9. The maximum Gasteiger partial charge on any atom is 0.397 e. The van der Waals surface area contributed by atoms with E-state index >= 15 is 0 Å². The zero-order chi connectivity index (χ0) is 30.1. The van der Waals surface area contributed by atoms with Crippen molar-refractivity contribution in [1.29, 1.82) is 0 Å². The molecular weight excluding hydrogens is 526 g/mol. The highest BCUT2D eigenvalue weighted by atomic mass is 28.4. The Bertz CT molecular complexity index is 748. The molecule has 0 aromatic carbocycles. The van der Waals surface area contributed by atoms with Crippen LogP contribution in [-0.4, -0.2) is 46.1 Å². The van der Waals surface area contributed by atoms with Crippen molar-refractivity contribution in [3.63, 3.8) is 0 Å². The summed E-state index contributed by atoms with van der Waals surface area (Å²) in [5, 5.41) is 9.42. The number of aliphatic hydroxyl groups is 1. The van der Waals surface area contributed by atoms with Crippen LogP contribution in [0, 0.1) is 10.8 Å². The van der Waals surface area contributed by atoms with Gasteiger partial charge in [-0.3, -0.25) is 0 Å². The van der Waals surface area contributed by atoms with Gasteiger partial charge in [0.2, 0.25) is 0 Å². The van der Waals surface area contributed by atoms with E-state index in [9.17, 15) is 26.3 Å². The SMILES string of the molecule is C=CC(O)C1(C(F)(F)F)CC1.C=CC(O[Si](C)(C)C(C)(C)C)C1(C(F)(F)F)CC1.CC(C)(C)[Si](C)(C)C. The van der Waals surface area contributed by atoms with Crippen LogP contribution in [-0.2, 0) is 4.43 Å². The standard InChI is InChI=1S/C13H23F3OSi.C7H9F3O.C7H18Si/c1-7-10(12(8-9-12)13(14,15)16)17-18(5,6)11(2,3)4;1-2-5(11)6(3-4-6)7(8,9)10;1-7(2,3)8(4,5)6/h7,10H,1,8-9H2,2-6H3;2,5,11H,1,3-4H2;1-6H3. The van der Waals surface area contributed by atoms with Gasteiger partial charge >= 0.3 is 12.4 Å². The molecule has 0 aromatic rings. The van der Waals surface area contributed by atoms with E-state index in [4.69, 9.17) is 9.53 Å². The molecule has 0 aromatic heterocycles. The molecule has 37 heavy (non-hydrogen) atoms. The number of hydrogen-bond donors (Lipinski definition) is 1. The van der Waals surface area contributed by atoms with E-state index in [1.807, 2.05) is 33.9 Å². The van der Waals surface area contributed by atoms with Gasteiger partial charge in [-0.1, -0.05) is 73.3 Å². The van der Waals surface area contributed by atoms with Gasteiger partial charge in [-0.05, 0) is 48.9 Å². The lowest BCUT2D eigenvalue weighted by Gasteiger charge is -2.41. The van der Waals surface area contributed by atoms with Crippen molar-refractivity contribution in [1.82, 2.24) is 0 Å². The predicted octanol–water partition coefficient (Wildman–Crippen LogP) is 9.91. The van der Waals surface area contributed by atoms with Gasteiger partial charge in [-0.2, -0.15) is 26.3 Å². The van der Waals surface area contributed by atoms with Crippen molar-refractivity contribution >= 4 is 16.4 Å². The highest BCUT2D eigenvalue weighted by Gasteiger charge is 2.68. The second-order valence-electron chi connectivity index (χ2n) is 14.0. The van der Waals surface area contributed by atoms with Crippen LogP contribution in [0.2, 0.25) is 42.8 Å². The molecular formula is C27H50F6O2Si2. The third kappa shape index (κ3) is 8.96. The number of halogens is 6. The number of hydrogen-bond acceptors (Lipinski definition) is 2. The quantitative estimate of drug-likeness (QED) is 0.194. The van der Waals surface area contributed by atoms with Crippen molar-refractivity contribution < 1.29 is 35.9 Å². The normalized spacial score (nSPS) is 20.8. The Hall–Kier alpha value is -0.586. The monoisotopic (exact) mass is 576 g/mol. The van der Waals surface area contributed by atoms with E-state index < -0.39 is 51.8 Å². The second kappa shape index (κ2) is 11.5. The third-order valence-electron chi connectivity index (χ3n) is 8.73. The molecule has 220 valence electrons. The van der Waals surface area contributed by atoms with Crippen molar-refractivity contribution in [3.05, 3.63) is 25.3 Å². The fraction of sp³-hybridized carbons (Fsp3) is 0.852. The second-order valence-corrected chi connectivity index (χ2v) is 24.8. The van der Waals surface area contributed by atoms with E-state index in [2.05, 4.69) is 53.6 Å². The lowest BCUT2D eigenvalue weighted by Crippen LogP contribution is -2.48. The fourth-order valence-corrected chi connectivity index (χ4v) is 4.16. The summed E-state index contributed by atoms with van der Waals surface area (Å²) in [5.74, 6) is 0. The summed E-state index contributed by atoms with van der Waals surface area (Å²) in [7, 11) is -3.07. The van der Waals surface area contributed by atoms with Gasteiger partial charge in [0.25, 0.3) is 0 Å². The summed E-state index contributed by atoms with van der Waals surface area (Å²) in [5.41, 5.74) is -3.54. The third-order valence-corrected chi connectivity index (χ3v) is 17.7. The van der Waals surface area contributed by atoms with Crippen LogP contribution in [0.1, 0.15) is 67.2 Å². The van der Waals surface area contributed by atoms with E-state index in [1.54, 1.807) is 0 Å². The lowest BCUT2D eigenvalue weighted by atomic mass is 9.99. The van der Waals surface area contributed by atoms with Crippen LogP contribution in [0.15, 0.2) is 25.3 Å². The van der Waals surface area contributed by atoms with Gasteiger partial charge in [-0.15, -0.1) is 13.2 Å². The Morgan fingerprint density at radius 2 is 1.03 bits per heavy atom. The predicted molar refractivity (Wildman–Crippen MR) is 147 cm³/mol. The Balaban J connectivity index is 0.000000580. The Morgan fingerprint density at radius 1 is 0.703 bits per heavy atom. The summed E-state index contributed by atoms with van der Waals surface area (Å²) in [6, 6.07) is 0. The van der Waals surface area contributed by atoms with E-state index in [0.29, 0.717) is 5.04 Å². The first-order valence-electron chi connectivity index (χ1n) is 12.8. The number of rotatable bonds is 6. The molecule has 0 heterocycles. The molecule has 2 fully saturated rings. The molecule has 2 atom stereocenters. The van der Waals surface area contributed by atoms with E-state index in [-0.39, 0.29) is 30.7 Å². The fourth-order valence-electron chi connectivity index (χ4n) is 2.85. The van der Waals surface area contributed by atoms with Crippen LogP contribution in [0.25, 0.3) is 0 Å². The molecule has 0 radical (unpaired) electrons. The van der Waals surface area contributed by atoms with Gasteiger partial charge in [0.1, 0.15) is 0 Å². The summed E-state index contributed by atoms with van der Waals surface area (Å²) >= 11 is 0.